The van der Waals surface area contributed by atoms with Gasteiger partial charge < -0.3 is 10.2 Å². The molecule has 2 N–H and O–H groups in total. The van der Waals surface area contributed by atoms with Gasteiger partial charge in [0.05, 0.1) is 6.10 Å². The zero-order valence-electron chi connectivity index (χ0n) is 13.6. The maximum absolute atomic E-state index is 10.9. The van der Waals surface area contributed by atoms with E-state index in [4.69, 9.17) is 6.42 Å². The third-order valence-electron chi connectivity index (χ3n) is 7.74. The van der Waals surface area contributed by atoms with Crippen LogP contribution in [0.15, 0.2) is 11.1 Å². The van der Waals surface area contributed by atoms with Crippen LogP contribution in [0.5, 0.6) is 0 Å². The summed E-state index contributed by atoms with van der Waals surface area (Å²) in [5, 5.41) is 20.9. The van der Waals surface area contributed by atoms with E-state index in [1.165, 1.54) is 12.8 Å². The lowest BCUT2D eigenvalue weighted by Gasteiger charge is -2.53. The second kappa shape index (κ2) is 4.86. The van der Waals surface area contributed by atoms with Crippen molar-refractivity contribution in [3.8, 4) is 12.3 Å². The molecule has 2 nitrogen and oxygen atoms in total. The zero-order chi connectivity index (χ0) is 15.5. The third kappa shape index (κ3) is 1.82. The van der Waals surface area contributed by atoms with Gasteiger partial charge >= 0.3 is 0 Å². The first kappa shape index (κ1) is 14.8. The molecule has 6 atom stereocenters. The van der Waals surface area contributed by atoms with E-state index in [1.807, 2.05) is 0 Å². The molecule has 0 radical (unpaired) electrons. The van der Waals surface area contributed by atoms with E-state index in [0.29, 0.717) is 17.8 Å². The highest BCUT2D eigenvalue weighted by Gasteiger charge is 2.61. The van der Waals surface area contributed by atoms with Crippen LogP contribution in [0.2, 0.25) is 0 Å². The van der Waals surface area contributed by atoms with Crippen LogP contribution in [0.1, 0.15) is 64.7 Å². The Labute approximate surface area is 134 Å². The van der Waals surface area contributed by atoms with Crippen molar-refractivity contribution in [3.63, 3.8) is 0 Å². The lowest BCUT2D eigenvalue weighted by atomic mass is 9.52. The predicted octanol–water partition coefficient (Wildman–Crippen LogP) is 3.43. The van der Waals surface area contributed by atoms with Crippen molar-refractivity contribution in [2.24, 2.45) is 23.2 Å². The summed E-state index contributed by atoms with van der Waals surface area (Å²) < 4.78 is 0. The molecular weight excluding hydrogens is 272 g/mol. The first-order valence-corrected chi connectivity index (χ1v) is 9.07. The lowest BCUT2D eigenvalue weighted by Crippen LogP contribution is -2.50. The standard InChI is InChI=1S/C20H28O2/c1-3-20(22)11-9-18-17-6-4-13-12-14(21)5-7-15(13)16(17)8-10-19(18,20)2/h1,14,16-18,21-22H,4-12H2,2H3. The van der Waals surface area contributed by atoms with Crippen LogP contribution < -0.4 is 0 Å². The summed E-state index contributed by atoms with van der Waals surface area (Å²) in [6.45, 7) is 2.25. The Morgan fingerprint density at radius 1 is 1.14 bits per heavy atom. The Balaban J connectivity index is 1.66. The van der Waals surface area contributed by atoms with Gasteiger partial charge in [-0.15, -0.1) is 6.42 Å². The molecule has 0 aromatic carbocycles. The van der Waals surface area contributed by atoms with Crippen LogP contribution in [0.25, 0.3) is 0 Å². The molecule has 6 unspecified atom stereocenters. The van der Waals surface area contributed by atoms with E-state index in [9.17, 15) is 10.2 Å². The second-order valence-corrected chi connectivity index (χ2v) is 8.44. The highest BCUT2D eigenvalue weighted by atomic mass is 16.3. The predicted molar refractivity (Wildman–Crippen MR) is 86.9 cm³/mol. The zero-order valence-corrected chi connectivity index (χ0v) is 13.6. The summed E-state index contributed by atoms with van der Waals surface area (Å²) >= 11 is 0. The highest BCUT2D eigenvalue weighted by molar-refractivity contribution is 5.30. The Morgan fingerprint density at radius 2 is 1.95 bits per heavy atom. The Kier molecular flexibility index (Phi) is 3.26. The summed E-state index contributed by atoms with van der Waals surface area (Å²) in [6.07, 6.45) is 15.0. The molecule has 2 heteroatoms. The fraction of sp³-hybridized carbons (Fsp3) is 0.800. The molecule has 0 aromatic rings. The molecule has 4 aliphatic carbocycles. The molecule has 0 spiro atoms. The van der Waals surface area contributed by atoms with Gasteiger partial charge in [-0.2, -0.15) is 0 Å². The first-order valence-electron chi connectivity index (χ1n) is 9.07. The minimum atomic E-state index is -0.889. The van der Waals surface area contributed by atoms with Crippen LogP contribution in [0.4, 0.5) is 0 Å². The van der Waals surface area contributed by atoms with Crippen molar-refractivity contribution in [2.75, 3.05) is 0 Å². The molecule has 0 bridgehead atoms. The second-order valence-electron chi connectivity index (χ2n) is 8.44. The number of hydrogen-bond donors (Lipinski definition) is 2. The highest BCUT2D eigenvalue weighted by Crippen LogP contribution is 2.64. The molecule has 4 aliphatic rings. The van der Waals surface area contributed by atoms with Crippen molar-refractivity contribution in [1.82, 2.24) is 0 Å². The van der Waals surface area contributed by atoms with Gasteiger partial charge in [0, 0.05) is 5.41 Å². The summed E-state index contributed by atoms with van der Waals surface area (Å²) in [4.78, 5) is 0. The van der Waals surface area contributed by atoms with Gasteiger partial charge in [-0.3, -0.25) is 0 Å². The first-order chi connectivity index (χ1) is 10.5. The number of fused-ring (bicyclic) bond motifs is 4. The minimum Gasteiger partial charge on any atom is -0.393 e. The maximum Gasteiger partial charge on any atom is 0.130 e. The van der Waals surface area contributed by atoms with Gasteiger partial charge in [-0.25, -0.2) is 0 Å². The monoisotopic (exact) mass is 300 g/mol. The maximum atomic E-state index is 10.9. The number of aliphatic hydroxyl groups excluding tert-OH is 1. The Hall–Kier alpha value is -0.780. The van der Waals surface area contributed by atoms with E-state index in [1.54, 1.807) is 11.1 Å². The van der Waals surface area contributed by atoms with Crippen molar-refractivity contribution in [1.29, 1.82) is 0 Å². The summed E-state index contributed by atoms with van der Waals surface area (Å²) in [7, 11) is 0. The average molecular weight is 300 g/mol. The molecule has 0 heterocycles. The van der Waals surface area contributed by atoms with Crippen molar-refractivity contribution < 1.29 is 10.2 Å². The van der Waals surface area contributed by atoms with E-state index in [0.717, 1.165) is 44.9 Å². The van der Waals surface area contributed by atoms with E-state index < -0.39 is 5.60 Å². The Morgan fingerprint density at radius 3 is 2.73 bits per heavy atom. The van der Waals surface area contributed by atoms with Crippen LogP contribution in [0.3, 0.4) is 0 Å². The van der Waals surface area contributed by atoms with Gasteiger partial charge in [-0.1, -0.05) is 24.0 Å². The van der Waals surface area contributed by atoms with Gasteiger partial charge in [0.2, 0.25) is 0 Å². The Bertz CT molecular complexity index is 557. The fourth-order valence-electron chi connectivity index (χ4n) is 6.44. The van der Waals surface area contributed by atoms with Crippen LogP contribution in [0, 0.1) is 35.5 Å². The van der Waals surface area contributed by atoms with Gasteiger partial charge in [0.15, 0.2) is 0 Å². The lowest BCUT2D eigenvalue weighted by molar-refractivity contribution is -0.0714. The van der Waals surface area contributed by atoms with Crippen molar-refractivity contribution in [3.05, 3.63) is 11.1 Å². The molecule has 22 heavy (non-hydrogen) atoms. The number of allylic oxidation sites excluding steroid dienone is 1. The molecule has 2 saturated carbocycles. The number of rotatable bonds is 0. The number of hydrogen-bond acceptors (Lipinski definition) is 2. The van der Waals surface area contributed by atoms with E-state index in [-0.39, 0.29) is 11.5 Å². The molecule has 4 rings (SSSR count). The summed E-state index contributed by atoms with van der Waals surface area (Å²) in [5.41, 5.74) is 2.27. The summed E-state index contributed by atoms with van der Waals surface area (Å²) in [5.74, 6) is 4.73. The third-order valence-corrected chi connectivity index (χ3v) is 7.74. The largest absolute Gasteiger partial charge is 0.393 e. The number of terminal acetylenes is 1. The van der Waals surface area contributed by atoms with Crippen LogP contribution in [-0.4, -0.2) is 21.9 Å². The SMILES string of the molecule is C#CC1(O)CCC2C3CCC4=C(CCC(O)C4)C3CCC21C. The quantitative estimate of drug-likeness (QED) is 0.531. The number of aliphatic hydroxyl groups is 2. The van der Waals surface area contributed by atoms with Crippen molar-refractivity contribution in [2.45, 2.75) is 76.4 Å². The molecular formula is C20H28O2. The van der Waals surface area contributed by atoms with E-state index >= 15 is 0 Å². The molecule has 120 valence electrons. The van der Waals surface area contributed by atoms with E-state index in [2.05, 4.69) is 12.8 Å². The average Bonchev–Trinajstić information content (AvgIpc) is 2.79. The topological polar surface area (TPSA) is 40.5 Å². The van der Waals surface area contributed by atoms with Crippen molar-refractivity contribution >= 4 is 0 Å². The van der Waals surface area contributed by atoms with Crippen LogP contribution in [-0.2, 0) is 0 Å². The van der Waals surface area contributed by atoms with Gasteiger partial charge in [-0.05, 0) is 75.5 Å². The summed E-state index contributed by atoms with van der Waals surface area (Å²) in [6, 6.07) is 0. The molecule has 0 aromatic heterocycles. The molecule has 2 fully saturated rings. The molecule has 0 amide bonds. The fourth-order valence-corrected chi connectivity index (χ4v) is 6.44. The minimum absolute atomic E-state index is 0.0881. The molecule has 0 saturated heterocycles. The smallest absolute Gasteiger partial charge is 0.130 e. The molecule has 0 aliphatic heterocycles. The van der Waals surface area contributed by atoms with Gasteiger partial charge in [0.25, 0.3) is 0 Å². The normalized spacial score (nSPS) is 50.8. The van der Waals surface area contributed by atoms with Gasteiger partial charge in [0.1, 0.15) is 5.60 Å². The van der Waals surface area contributed by atoms with Crippen LogP contribution >= 0.6 is 0 Å².